The number of ketones is 1. The summed E-state index contributed by atoms with van der Waals surface area (Å²) in [7, 11) is 0. The largest absolute Gasteiger partial charge is 0.481 e. The first-order valence-electron chi connectivity index (χ1n) is 22.8. The highest BCUT2D eigenvalue weighted by Gasteiger charge is 2.33. The molecule has 0 bridgehead atoms. The number of guanidine groups is 1. The molecule has 70 heavy (non-hydrogen) atoms. The van der Waals surface area contributed by atoms with Crippen molar-refractivity contribution in [2.45, 2.75) is 166 Å². The summed E-state index contributed by atoms with van der Waals surface area (Å²) in [4.78, 5) is 156. The number of nitrogens with two attached hydrogens (primary N) is 5. The van der Waals surface area contributed by atoms with Gasteiger partial charge in [0.1, 0.15) is 48.6 Å². The molecule has 28 nitrogen and oxygen atoms in total. The van der Waals surface area contributed by atoms with Crippen LogP contribution in [-0.2, 0) is 57.5 Å². The molecule has 0 rings (SSSR count). The van der Waals surface area contributed by atoms with Crippen LogP contribution in [0.5, 0.6) is 0 Å². The van der Waals surface area contributed by atoms with Crippen LogP contribution in [0.3, 0.4) is 0 Å². The number of carboxylic acids is 2. The van der Waals surface area contributed by atoms with Gasteiger partial charge < -0.3 is 76.1 Å². The fourth-order valence-corrected chi connectivity index (χ4v) is 6.55. The highest BCUT2D eigenvalue weighted by Crippen LogP contribution is 2.11. The van der Waals surface area contributed by atoms with E-state index < -0.39 is 134 Å². The summed E-state index contributed by atoms with van der Waals surface area (Å²) in [6.45, 7) is 2.10. The van der Waals surface area contributed by atoms with E-state index in [1.165, 1.54) is 0 Å². The molecular weight excluding hydrogens is 925 g/mol. The number of carboxylic acid groups (broad SMARTS) is 2. The van der Waals surface area contributed by atoms with E-state index in [1.54, 1.807) is 6.92 Å². The summed E-state index contributed by atoms with van der Waals surface area (Å²) >= 11 is 0. The first-order valence-corrected chi connectivity index (χ1v) is 22.8. The number of aliphatic imine (C=N–C) groups is 1. The van der Waals surface area contributed by atoms with E-state index >= 15 is 0 Å². The van der Waals surface area contributed by atoms with Gasteiger partial charge in [-0.05, 0) is 64.2 Å². The van der Waals surface area contributed by atoms with Crippen LogP contribution in [0.4, 0.5) is 0 Å². The predicted octanol–water partition coefficient (Wildman–Crippen LogP) is -4.01. The number of carbonyl (C=O) groups excluding carboxylic acids is 10. The minimum Gasteiger partial charge on any atom is -0.481 e. The normalized spacial score (nSPS) is 13.2. The maximum absolute atomic E-state index is 14.0. The van der Waals surface area contributed by atoms with Crippen LogP contribution in [0.2, 0.25) is 0 Å². The highest BCUT2D eigenvalue weighted by atomic mass is 16.4. The number of nitrogens with one attached hydrogen (secondary N) is 8. The Labute approximate surface area is 404 Å². The standard InChI is InChI=1S/C42H72N14O14/c1-3-9-26(53-41(70)30(18-20-33(60)50-22-35(63)64)56-39(68)28(51-23(2)57)16-15-24(58)10-4-7-14-34(61)62)37(66)55-29(17-19-32(45)59)40(69)54-27(11-5-6-13-31(43)44)38(67)52-25(36(46)65)12-8-21-49-42(47)48/h25-30H,3-22H2,1-2H3,(H3,43,44)(H2,45,59)(H2,46,65)(H,50,60)(H,51,57)(H,52,67)(H,53,70)(H,54,69)(H,55,66)(H,56,68)(H,61,62)(H,63,64)(H4,47,48,49). The van der Waals surface area contributed by atoms with Gasteiger partial charge in [0.05, 0.1) is 5.84 Å². The van der Waals surface area contributed by atoms with E-state index in [1.807, 2.05) is 0 Å². The number of rotatable bonds is 39. The van der Waals surface area contributed by atoms with Crippen LogP contribution in [0.15, 0.2) is 4.99 Å². The number of amidine groups is 1. The third-order valence-electron chi connectivity index (χ3n) is 10.2. The molecule has 0 aromatic heterocycles. The molecule has 0 aliphatic carbocycles. The molecule has 0 aromatic carbocycles. The van der Waals surface area contributed by atoms with Gasteiger partial charge in [-0.15, -0.1) is 0 Å². The topological polar surface area (TPSA) is 496 Å². The minimum absolute atomic E-state index is 0.00324. The van der Waals surface area contributed by atoms with Crippen LogP contribution < -0.4 is 65.9 Å². The monoisotopic (exact) mass is 997 g/mol. The molecule has 6 unspecified atom stereocenters. The molecule has 0 fully saturated rings. The van der Waals surface area contributed by atoms with Crippen molar-refractivity contribution in [2.75, 3.05) is 13.1 Å². The SMILES string of the molecule is CCCC(NC(=O)C(CCC(=O)NCC(=O)O)NC(=O)C(CCC(=O)CCCCC(=O)O)NC(C)=O)C(=O)NC(CCC(N)=O)C(=O)NC(CCCCC(=N)N)C(=O)NC(CCCN=C(N)N)C(N)=O. The number of amides is 9. The average molecular weight is 997 g/mol. The van der Waals surface area contributed by atoms with Gasteiger partial charge in [-0.1, -0.05) is 19.8 Å². The number of hydrogen-bond acceptors (Lipinski definition) is 14. The van der Waals surface area contributed by atoms with Crippen molar-refractivity contribution in [1.29, 1.82) is 5.41 Å². The minimum atomic E-state index is -1.62. The van der Waals surface area contributed by atoms with E-state index in [9.17, 15) is 57.5 Å². The third-order valence-corrected chi connectivity index (χ3v) is 10.2. The summed E-state index contributed by atoms with van der Waals surface area (Å²) < 4.78 is 0. The number of carbonyl (C=O) groups is 12. The average Bonchev–Trinajstić information content (AvgIpc) is 3.26. The first kappa shape index (κ1) is 62.6. The second kappa shape index (κ2) is 34.8. The van der Waals surface area contributed by atoms with Gasteiger partial charge in [0.2, 0.25) is 53.2 Å². The number of nitrogens with zero attached hydrogens (tertiary/aromatic N) is 1. The Bertz CT molecular complexity index is 1880. The number of hydrogen-bond donors (Lipinski definition) is 15. The zero-order chi connectivity index (χ0) is 53.3. The number of primary amides is 2. The summed E-state index contributed by atoms with van der Waals surface area (Å²) in [6, 6.07) is -8.60. The molecule has 394 valence electrons. The van der Waals surface area contributed by atoms with Crippen molar-refractivity contribution >= 4 is 82.7 Å². The van der Waals surface area contributed by atoms with Crippen molar-refractivity contribution in [2.24, 2.45) is 33.7 Å². The summed E-state index contributed by atoms with van der Waals surface area (Å²) in [5.41, 5.74) is 27.1. The van der Waals surface area contributed by atoms with Crippen molar-refractivity contribution in [3.63, 3.8) is 0 Å². The van der Waals surface area contributed by atoms with Gasteiger partial charge in [-0.25, -0.2) is 0 Å². The maximum atomic E-state index is 14.0. The fraction of sp³-hybridized carbons (Fsp3) is 0.667. The van der Waals surface area contributed by atoms with Crippen molar-refractivity contribution < 1.29 is 67.7 Å². The lowest BCUT2D eigenvalue weighted by Crippen LogP contribution is -2.59. The summed E-state index contributed by atoms with van der Waals surface area (Å²) in [5, 5.41) is 42.2. The van der Waals surface area contributed by atoms with Crippen LogP contribution in [-0.4, -0.2) is 142 Å². The summed E-state index contributed by atoms with van der Waals surface area (Å²) in [5.74, 6) is -11.1. The molecule has 0 saturated heterocycles. The Balaban J connectivity index is 6.60. The van der Waals surface area contributed by atoms with Crippen molar-refractivity contribution in [3.8, 4) is 0 Å². The molecule has 0 aromatic rings. The Hall–Kier alpha value is -7.42. The molecule has 0 spiro atoms. The van der Waals surface area contributed by atoms with Crippen LogP contribution in [0.25, 0.3) is 0 Å². The van der Waals surface area contributed by atoms with Gasteiger partial charge in [-0.2, -0.15) is 0 Å². The molecule has 0 saturated carbocycles. The van der Waals surface area contributed by atoms with E-state index in [-0.39, 0.29) is 108 Å². The lowest BCUT2D eigenvalue weighted by molar-refractivity contribution is -0.138. The highest BCUT2D eigenvalue weighted by molar-refractivity contribution is 5.97. The molecule has 0 radical (unpaired) electrons. The zero-order valence-electron chi connectivity index (χ0n) is 39.7. The zero-order valence-corrected chi connectivity index (χ0v) is 39.7. The Morgan fingerprint density at radius 1 is 0.500 bits per heavy atom. The van der Waals surface area contributed by atoms with Crippen LogP contribution in [0, 0.1) is 5.41 Å². The van der Waals surface area contributed by atoms with Gasteiger partial charge >= 0.3 is 11.9 Å². The number of aliphatic carboxylic acids is 2. The van der Waals surface area contributed by atoms with Crippen LogP contribution >= 0.6 is 0 Å². The molecule has 0 heterocycles. The van der Waals surface area contributed by atoms with Gasteiger partial charge in [0.25, 0.3) is 0 Å². The fourth-order valence-electron chi connectivity index (χ4n) is 6.55. The van der Waals surface area contributed by atoms with Gasteiger partial charge in [0, 0.05) is 52.0 Å². The predicted molar refractivity (Wildman–Crippen MR) is 250 cm³/mol. The molecule has 20 N–H and O–H groups in total. The summed E-state index contributed by atoms with van der Waals surface area (Å²) in [6.07, 6.45) is -0.832. The number of Topliss-reactive ketones (excluding diaryl/α,β-unsaturated/α-hetero) is 1. The number of unbranched alkanes of at least 4 members (excludes halogenated alkanes) is 2. The second-order valence-electron chi connectivity index (χ2n) is 16.4. The van der Waals surface area contributed by atoms with E-state index in [0.717, 1.165) is 6.92 Å². The molecule has 0 aliphatic rings. The molecule has 0 aliphatic heterocycles. The smallest absolute Gasteiger partial charge is 0.322 e. The third kappa shape index (κ3) is 30.1. The van der Waals surface area contributed by atoms with Crippen molar-refractivity contribution in [1.82, 2.24) is 37.2 Å². The lowest BCUT2D eigenvalue weighted by Gasteiger charge is -2.27. The maximum Gasteiger partial charge on any atom is 0.322 e. The second-order valence-corrected chi connectivity index (χ2v) is 16.4. The Kier molecular flexibility index (Phi) is 31.1. The Morgan fingerprint density at radius 2 is 0.943 bits per heavy atom. The first-order chi connectivity index (χ1) is 32.9. The Morgan fingerprint density at radius 3 is 1.40 bits per heavy atom. The molecule has 28 heteroatoms. The van der Waals surface area contributed by atoms with Crippen molar-refractivity contribution in [3.05, 3.63) is 0 Å². The quantitative estimate of drug-likeness (QED) is 0.0158. The van der Waals surface area contributed by atoms with Gasteiger partial charge in [0.15, 0.2) is 5.96 Å². The molecule has 9 amide bonds. The van der Waals surface area contributed by atoms with E-state index in [4.69, 9.17) is 44.3 Å². The van der Waals surface area contributed by atoms with Gasteiger partial charge in [-0.3, -0.25) is 67.9 Å². The van der Waals surface area contributed by atoms with E-state index in [2.05, 4.69) is 42.2 Å². The molecule has 6 atom stereocenters. The lowest BCUT2D eigenvalue weighted by atomic mass is 10.0. The molecular formula is C42H72N14O14. The van der Waals surface area contributed by atoms with Crippen LogP contribution in [0.1, 0.15) is 129 Å². The van der Waals surface area contributed by atoms with E-state index in [0.29, 0.717) is 6.42 Å².